The summed E-state index contributed by atoms with van der Waals surface area (Å²) < 4.78 is 0. The van der Waals surface area contributed by atoms with E-state index in [0.29, 0.717) is 63.8 Å². The molecular formula is C34H26O5. The Morgan fingerprint density at radius 2 is 1.05 bits per heavy atom. The van der Waals surface area contributed by atoms with Crippen molar-refractivity contribution in [3.05, 3.63) is 128 Å². The van der Waals surface area contributed by atoms with Gasteiger partial charge >= 0.3 is 0 Å². The molecule has 192 valence electrons. The smallest absolute Gasteiger partial charge is 0.195 e. The molecule has 0 amide bonds. The van der Waals surface area contributed by atoms with Crippen molar-refractivity contribution in [2.45, 2.75) is 32.6 Å². The summed E-state index contributed by atoms with van der Waals surface area (Å²) in [5, 5.41) is 9.61. The largest absolute Gasteiger partial charge is 0.396 e. The third-order valence-electron chi connectivity index (χ3n) is 7.74. The normalized spacial score (nSPS) is 13.6. The Hall–Kier alpha value is -4.48. The summed E-state index contributed by atoms with van der Waals surface area (Å²) in [5.74, 6) is -1.03. The molecule has 4 aromatic carbocycles. The quantitative estimate of drug-likeness (QED) is 0.304. The third-order valence-corrected chi connectivity index (χ3v) is 7.74. The van der Waals surface area contributed by atoms with Crippen molar-refractivity contribution < 1.29 is 24.3 Å². The number of ketones is 4. The summed E-state index contributed by atoms with van der Waals surface area (Å²) in [6, 6.07) is 20.5. The fourth-order valence-electron chi connectivity index (χ4n) is 6.03. The van der Waals surface area contributed by atoms with Crippen molar-refractivity contribution in [1.29, 1.82) is 0 Å². The van der Waals surface area contributed by atoms with Gasteiger partial charge in [0.25, 0.3) is 0 Å². The van der Waals surface area contributed by atoms with Crippen LogP contribution in [0.2, 0.25) is 0 Å². The molecule has 0 fully saturated rings. The van der Waals surface area contributed by atoms with Gasteiger partial charge in [-0.15, -0.1) is 0 Å². The van der Waals surface area contributed by atoms with Gasteiger partial charge in [-0.3, -0.25) is 19.2 Å². The molecule has 0 saturated carbocycles. The number of fused-ring (bicyclic) bond motifs is 4. The second kappa shape index (κ2) is 9.68. The van der Waals surface area contributed by atoms with Crippen LogP contribution in [-0.2, 0) is 12.8 Å². The molecule has 4 aromatic rings. The minimum absolute atomic E-state index is 0.0157. The van der Waals surface area contributed by atoms with E-state index in [9.17, 15) is 24.3 Å². The number of aliphatic hydroxyl groups excluding tert-OH is 1. The Kier molecular flexibility index (Phi) is 6.16. The highest BCUT2D eigenvalue weighted by molar-refractivity contribution is 6.33. The van der Waals surface area contributed by atoms with Gasteiger partial charge < -0.3 is 5.11 Å². The lowest BCUT2D eigenvalue weighted by Crippen LogP contribution is -2.25. The first-order chi connectivity index (χ1) is 19.0. The predicted molar refractivity (Wildman–Crippen MR) is 148 cm³/mol. The fraction of sp³-hybridized carbons (Fsp3) is 0.176. The van der Waals surface area contributed by atoms with Gasteiger partial charge in [0, 0.05) is 51.1 Å². The monoisotopic (exact) mass is 514 g/mol. The van der Waals surface area contributed by atoms with Crippen LogP contribution >= 0.6 is 0 Å². The molecular weight excluding hydrogens is 488 g/mol. The molecule has 5 nitrogen and oxygen atoms in total. The van der Waals surface area contributed by atoms with Gasteiger partial charge in [0.1, 0.15) is 0 Å². The number of aryl methyl sites for hydroxylation is 1. The second-order valence-corrected chi connectivity index (χ2v) is 10.0. The summed E-state index contributed by atoms with van der Waals surface area (Å²) in [6.45, 7) is 2.02. The molecule has 6 rings (SSSR count). The maximum absolute atomic E-state index is 14.1. The minimum atomic E-state index is -0.275. The SMILES string of the molecule is CCCc1c(CCCO)cc2c(c1-c1cccc3c1C(=O)c1ccccc1C3=O)C(=O)c1ccccc1C2=O. The zero-order chi connectivity index (χ0) is 27.3. The number of carbonyl (C=O) groups is 4. The summed E-state index contributed by atoms with van der Waals surface area (Å²) in [7, 11) is 0. The lowest BCUT2D eigenvalue weighted by molar-refractivity contribution is 0.0978. The van der Waals surface area contributed by atoms with E-state index in [1.54, 1.807) is 72.8 Å². The predicted octanol–water partition coefficient (Wildman–Crippen LogP) is 5.78. The minimum Gasteiger partial charge on any atom is -0.396 e. The summed E-state index contributed by atoms with van der Waals surface area (Å²) in [6.07, 6.45) is 2.38. The molecule has 0 aromatic heterocycles. The van der Waals surface area contributed by atoms with Crippen molar-refractivity contribution in [2.75, 3.05) is 6.61 Å². The molecule has 2 aliphatic rings. The van der Waals surface area contributed by atoms with Crippen LogP contribution < -0.4 is 0 Å². The van der Waals surface area contributed by atoms with E-state index in [1.165, 1.54) is 0 Å². The van der Waals surface area contributed by atoms with Crippen molar-refractivity contribution in [2.24, 2.45) is 0 Å². The van der Waals surface area contributed by atoms with E-state index in [4.69, 9.17) is 0 Å². The van der Waals surface area contributed by atoms with Crippen molar-refractivity contribution >= 4 is 23.1 Å². The molecule has 39 heavy (non-hydrogen) atoms. The van der Waals surface area contributed by atoms with Gasteiger partial charge in [-0.25, -0.2) is 0 Å². The number of hydrogen-bond donors (Lipinski definition) is 1. The highest BCUT2D eigenvalue weighted by Crippen LogP contribution is 2.43. The first-order valence-corrected chi connectivity index (χ1v) is 13.3. The van der Waals surface area contributed by atoms with Gasteiger partial charge in [0.2, 0.25) is 0 Å². The zero-order valence-electron chi connectivity index (χ0n) is 21.5. The highest BCUT2D eigenvalue weighted by Gasteiger charge is 2.37. The van der Waals surface area contributed by atoms with Crippen LogP contribution in [0.1, 0.15) is 94.6 Å². The Balaban J connectivity index is 1.72. The second-order valence-electron chi connectivity index (χ2n) is 10.0. The molecule has 0 bridgehead atoms. The maximum Gasteiger partial charge on any atom is 0.195 e. The molecule has 0 heterocycles. The molecule has 0 spiro atoms. The number of hydrogen-bond acceptors (Lipinski definition) is 5. The molecule has 5 heteroatoms. The van der Waals surface area contributed by atoms with Gasteiger partial charge in [-0.2, -0.15) is 0 Å². The third kappa shape index (κ3) is 3.73. The number of rotatable bonds is 6. The van der Waals surface area contributed by atoms with Gasteiger partial charge in [0.15, 0.2) is 23.1 Å². The lowest BCUT2D eigenvalue weighted by Gasteiger charge is -2.27. The van der Waals surface area contributed by atoms with Crippen LogP contribution in [-0.4, -0.2) is 34.8 Å². The van der Waals surface area contributed by atoms with Crippen LogP contribution in [0.3, 0.4) is 0 Å². The van der Waals surface area contributed by atoms with Crippen LogP contribution in [0.4, 0.5) is 0 Å². The lowest BCUT2D eigenvalue weighted by atomic mass is 9.73. The Bertz CT molecular complexity index is 1730. The molecule has 0 unspecified atom stereocenters. The van der Waals surface area contributed by atoms with Crippen LogP contribution in [0.15, 0.2) is 72.8 Å². The maximum atomic E-state index is 14.1. The Labute approximate surface area is 226 Å². The number of aliphatic hydroxyl groups is 1. The average Bonchev–Trinajstić information content (AvgIpc) is 2.97. The molecule has 0 aliphatic heterocycles. The molecule has 2 aliphatic carbocycles. The van der Waals surface area contributed by atoms with E-state index in [-0.39, 0.29) is 40.9 Å². The van der Waals surface area contributed by atoms with Crippen molar-refractivity contribution in [3.63, 3.8) is 0 Å². The fourth-order valence-corrected chi connectivity index (χ4v) is 6.03. The molecule has 0 atom stereocenters. The first-order valence-electron chi connectivity index (χ1n) is 13.3. The van der Waals surface area contributed by atoms with Gasteiger partial charge in [0.05, 0.1) is 0 Å². The number of benzene rings is 4. The summed E-state index contributed by atoms with van der Waals surface area (Å²) >= 11 is 0. The Morgan fingerprint density at radius 1 is 0.538 bits per heavy atom. The van der Waals surface area contributed by atoms with E-state index < -0.39 is 0 Å². The molecule has 1 N–H and O–H groups in total. The first kappa shape index (κ1) is 24.8. The van der Waals surface area contributed by atoms with E-state index in [2.05, 4.69) is 0 Å². The van der Waals surface area contributed by atoms with Crippen molar-refractivity contribution in [1.82, 2.24) is 0 Å². The summed E-state index contributed by atoms with van der Waals surface area (Å²) in [4.78, 5) is 55.3. The van der Waals surface area contributed by atoms with Crippen LogP contribution in [0.25, 0.3) is 11.1 Å². The average molecular weight is 515 g/mol. The topological polar surface area (TPSA) is 88.5 Å². The van der Waals surface area contributed by atoms with Gasteiger partial charge in [-0.1, -0.05) is 80.1 Å². The van der Waals surface area contributed by atoms with Gasteiger partial charge in [-0.05, 0) is 47.6 Å². The Morgan fingerprint density at radius 3 is 1.64 bits per heavy atom. The van der Waals surface area contributed by atoms with Crippen molar-refractivity contribution in [3.8, 4) is 11.1 Å². The van der Waals surface area contributed by atoms with E-state index in [0.717, 1.165) is 17.5 Å². The highest BCUT2D eigenvalue weighted by atomic mass is 16.3. The van der Waals surface area contributed by atoms with E-state index in [1.807, 2.05) is 6.92 Å². The molecule has 0 saturated heterocycles. The van der Waals surface area contributed by atoms with Crippen LogP contribution in [0.5, 0.6) is 0 Å². The van der Waals surface area contributed by atoms with E-state index >= 15 is 0 Å². The summed E-state index contributed by atoms with van der Waals surface area (Å²) in [5.41, 5.74) is 5.30. The zero-order valence-corrected chi connectivity index (χ0v) is 21.5. The number of carbonyl (C=O) groups excluding carboxylic acids is 4. The standard InChI is InChI=1S/C34H26O5/c1-2-9-20-19(10-8-17-35)18-27-30(34(39)24-14-6-4-12-22(24)32(27)37)28(20)25-15-7-16-26-29(25)33(38)23-13-5-3-11-21(23)31(26)36/h3-7,11-16,18,35H,2,8-10,17H2,1H3. The van der Waals surface area contributed by atoms with Crippen LogP contribution in [0, 0.1) is 0 Å². The molecule has 0 radical (unpaired) electrons.